The van der Waals surface area contributed by atoms with E-state index in [4.69, 9.17) is 20.3 Å². The van der Waals surface area contributed by atoms with Crippen LogP contribution >= 0.6 is 0 Å². The summed E-state index contributed by atoms with van der Waals surface area (Å²) < 4.78 is 9.78. The molecule has 0 fully saturated rings. The number of hydrogen-bond acceptors (Lipinski definition) is 4. The second-order valence-corrected chi connectivity index (χ2v) is 2.33. The van der Waals surface area contributed by atoms with Crippen molar-refractivity contribution in [1.29, 1.82) is 0 Å². The first-order valence-corrected chi connectivity index (χ1v) is 3.76. The van der Waals surface area contributed by atoms with Crippen LogP contribution in [0.2, 0.25) is 0 Å². The number of nitrogens with two attached hydrogens (primary N) is 1. The van der Waals surface area contributed by atoms with Gasteiger partial charge in [-0.2, -0.15) is 0 Å². The van der Waals surface area contributed by atoms with Crippen molar-refractivity contribution in [3.05, 3.63) is 0 Å². The molecule has 4 nitrogen and oxygen atoms in total. The molecular weight excluding hydrogens is 146 g/mol. The van der Waals surface area contributed by atoms with Gasteiger partial charge in [-0.15, -0.1) is 0 Å². The molecule has 0 aromatic rings. The maximum Gasteiger partial charge on any atom is 0.101 e. The molecule has 0 aliphatic heterocycles. The Balaban J connectivity index is 2.97. The third-order valence-corrected chi connectivity index (χ3v) is 1.16. The van der Waals surface area contributed by atoms with Crippen LogP contribution in [0, 0.1) is 0 Å². The fraction of sp³-hybridized carbons (Fsp3) is 1.00. The number of methoxy groups -OCH3 is 1. The fourth-order valence-corrected chi connectivity index (χ4v) is 0.645. The molecule has 1 unspecified atom stereocenters. The normalized spacial score (nSPS) is 13.4. The van der Waals surface area contributed by atoms with E-state index < -0.39 is 6.10 Å². The van der Waals surface area contributed by atoms with Gasteiger partial charge in [-0.3, -0.25) is 0 Å². The van der Waals surface area contributed by atoms with E-state index in [1.54, 1.807) is 7.11 Å². The molecule has 1 atom stereocenters. The highest BCUT2D eigenvalue weighted by atomic mass is 16.5. The van der Waals surface area contributed by atoms with Gasteiger partial charge in [0.25, 0.3) is 0 Å². The fourth-order valence-electron chi connectivity index (χ4n) is 0.645. The van der Waals surface area contributed by atoms with Gasteiger partial charge in [0, 0.05) is 13.7 Å². The molecule has 0 saturated heterocycles. The summed E-state index contributed by atoms with van der Waals surface area (Å²) in [6.07, 6.45) is 0.317. The lowest BCUT2D eigenvalue weighted by atomic mass is 10.4. The van der Waals surface area contributed by atoms with E-state index in [1.165, 1.54) is 0 Å². The molecule has 3 N–H and O–H groups in total. The Labute approximate surface area is 67.3 Å². The van der Waals surface area contributed by atoms with Crippen molar-refractivity contribution in [2.45, 2.75) is 12.5 Å². The number of ether oxygens (including phenoxy) is 2. The lowest BCUT2D eigenvalue weighted by Gasteiger charge is -2.09. The summed E-state index contributed by atoms with van der Waals surface area (Å²) in [4.78, 5) is 0. The second-order valence-electron chi connectivity index (χ2n) is 2.33. The molecule has 0 radical (unpaired) electrons. The number of aliphatic hydroxyl groups excluding tert-OH is 1. The molecular formula is C7H17NO3. The first kappa shape index (κ1) is 10.8. The molecule has 0 aliphatic carbocycles. The van der Waals surface area contributed by atoms with E-state index >= 15 is 0 Å². The molecule has 0 amide bonds. The van der Waals surface area contributed by atoms with Crippen molar-refractivity contribution >= 4 is 0 Å². The van der Waals surface area contributed by atoms with Gasteiger partial charge in [0.2, 0.25) is 0 Å². The predicted molar refractivity (Wildman–Crippen MR) is 42.4 cm³/mol. The Bertz CT molecular complexity index is 80.1. The highest BCUT2D eigenvalue weighted by Gasteiger charge is 2.01. The third kappa shape index (κ3) is 7.74. The van der Waals surface area contributed by atoms with E-state index in [-0.39, 0.29) is 0 Å². The van der Waals surface area contributed by atoms with Gasteiger partial charge in [-0.25, -0.2) is 0 Å². The maximum atomic E-state index is 9.07. The zero-order valence-electron chi connectivity index (χ0n) is 6.95. The quantitative estimate of drug-likeness (QED) is 0.490. The van der Waals surface area contributed by atoms with Crippen LogP contribution in [-0.4, -0.2) is 44.7 Å². The summed E-state index contributed by atoms with van der Waals surface area (Å²) in [5, 5.41) is 9.07. The third-order valence-electron chi connectivity index (χ3n) is 1.16. The minimum atomic E-state index is -0.516. The molecule has 4 heteroatoms. The monoisotopic (exact) mass is 163 g/mol. The van der Waals surface area contributed by atoms with Crippen LogP contribution in [0.25, 0.3) is 0 Å². The Morgan fingerprint density at radius 3 is 2.73 bits per heavy atom. The first-order valence-electron chi connectivity index (χ1n) is 3.76. The van der Waals surface area contributed by atoms with Gasteiger partial charge < -0.3 is 20.3 Å². The molecule has 11 heavy (non-hydrogen) atoms. The van der Waals surface area contributed by atoms with Gasteiger partial charge in [0.1, 0.15) is 6.10 Å². The summed E-state index contributed by atoms with van der Waals surface area (Å²) >= 11 is 0. The van der Waals surface area contributed by atoms with Crippen LogP contribution in [0.5, 0.6) is 0 Å². The molecule has 0 aliphatic rings. The summed E-state index contributed by atoms with van der Waals surface area (Å²) in [6, 6.07) is 0. The SMILES string of the molecule is COCC(O)COCCCN. The van der Waals surface area contributed by atoms with Crippen LogP contribution in [0.4, 0.5) is 0 Å². The van der Waals surface area contributed by atoms with E-state index in [0.717, 1.165) is 6.42 Å². The summed E-state index contributed by atoms with van der Waals surface area (Å²) in [5.74, 6) is 0. The maximum absolute atomic E-state index is 9.07. The van der Waals surface area contributed by atoms with E-state index in [1.807, 2.05) is 0 Å². The lowest BCUT2D eigenvalue weighted by Crippen LogP contribution is -2.21. The molecule has 68 valence electrons. The Morgan fingerprint density at radius 2 is 2.18 bits per heavy atom. The van der Waals surface area contributed by atoms with E-state index in [9.17, 15) is 0 Å². The van der Waals surface area contributed by atoms with Crippen molar-refractivity contribution in [2.75, 3.05) is 33.5 Å². The topological polar surface area (TPSA) is 64.7 Å². The van der Waals surface area contributed by atoms with Crippen molar-refractivity contribution in [1.82, 2.24) is 0 Å². The average molecular weight is 163 g/mol. The minimum Gasteiger partial charge on any atom is -0.388 e. The van der Waals surface area contributed by atoms with Gasteiger partial charge in [0.05, 0.1) is 13.2 Å². The van der Waals surface area contributed by atoms with Gasteiger partial charge in [-0.05, 0) is 13.0 Å². The molecule has 0 bridgehead atoms. The molecule has 0 aromatic heterocycles. The van der Waals surface area contributed by atoms with Crippen LogP contribution in [0.3, 0.4) is 0 Å². The zero-order valence-corrected chi connectivity index (χ0v) is 6.95. The molecule has 0 spiro atoms. The van der Waals surface area contributed by atoms with Gasteiger partial charge in [0.15, 0.2) is 0 Å². The van der Waals surface area contributed by atoms with Crippen molar-refractivity contribution in [2.24, 2.45) is 5.73 Å². The summed E-state index contributed by atoms with van der Waals surface area (Å²) in [6.45, 7) is 1.88. The predicted octanol–water partition coefficient (Wildman–Crippen LogP) is -0.641. The average Bonchev–Trinajstić information content (AvgIpc) is 1.99. The smallest absolute Gasteiger partial charge is 0.101 e. The Morgan fingerprint density at radius 1 is 1.45 bits per heavy atom. The van der Waals surface area contributed by atoms with Crippen LogP contribution in [0.15, 0.2) is 0 Å². The molecule has 0 heterocycles. The first-order chi connectivity index (χ1) is 5.31. The number of rotatable bonds is 7. The number of hydrogen-bond donors (Lipinski definition) is 2. The standard InChI is InChI=1S/C7H17NO3/c1-10-5-7(9)6-11-4-2-3-8/h7,9H,2-6,8H2,1H3. The van der Waals surface area contributed by atoms with Gasteiger partial charge in [-0.1, -0.05) is 0 Å². The Hall–Kier alpha value is -0.160. The Kier molecular flexibility index (Phi) is 7.83. The summed E-state index contributed by atoms with van der Waals surface area (Å²) in [7, 11) is 1.54. The molecule has 0 saturated carbocycles. The van der Waals surface area contributed by atoms with E-state index in [0.29, 0.717) is 26.4 Å². The highest BCUT2D eigenvalue weighted by Crippen LogP contribution is 1.87. The van der Waals surface area contributed by atoms with Crippen LogP contribution in [-0.2, 0) is 9.47 Å². The summed E-state index contributed by atoms with van der Waals surface area (Å²) in [5.41, 5.74) is 5.24. The highest BCUT2D eigenvalue weighted by molar-refractivity contribution is 4.50. The van der Waals surface area contributed by atoms with Crippen molar-refractivity contribution in [3.8, 4) is 0 Å². The van der Waals surface area contributed by atoms with Crippen molar-refractivity contribution in [3.63, 3.8) is 0 Å². The van der Waals surface area contributed by atoms with Gasteiger partial charge >= 0.3 is 0 Å². The van der Waals surface area contributed by atoms with Crippen LogP contribution in [0.1, 0.15) is 6.42 Å². The van der Waals surface area contributed by atoms with Crippen LogP contribution < -0.4 is 5.73 Å². The molecule has 0 aromatic carbocycles. The second kappa shape index (κ2) is 7.94. The van der Waals surface area contributed by atoms with Crippen molar-refractivity contribution < 1.29 is 14.6 Å². The molecule has 0 rings (SSSR count). The largest absolute Gasteiger partial charge is 0.388 e. The lowest BCUT2D eigenvalue weighted by molar-refractivity contribution is -0.00613. The van der Waals surface area contributed by atoms with E-state index in [2.05, 4.69) is 0 Å². The zero-order chi connectivity index (χ0) is 8.53. The number of aliphatic hydroxyl groups is 1. The minimum absolute atomic E-state index is 0.322.